The molecule has 2 rings (SSSR count). The molecule has 0 aliphatic carbocycles. The molecule has 0 heterocycles. The second kappa shape index (κ2) is 5.98. The molecule has 0 aromatic heterocycles. The number of ketones is 1. The van der Waals surface area contributed by atoms with E-state index in [2.05, 4.69) is 0 Å². The van der Waals surface area contributed by atoms with E-state index in [0.717, 1.165) is 5.56 Å². The normalized spacial score (nSPS) is 12.2. The highest BCUT2D eigenvalue weighted by Gasteiger charge is 2.20. The first-order valence-corrected chi connectivity index (χ1v) is 6.55. The summed E-state index contributed by atoms with van der Waals surface area (Å²) < 4.78 is 13.3. The average molecular weight is 277 g/mol. The van der Waals surface area contributed by atoms with E-state index in [1.807, 2.05) is 37.3 Å². The van der Waals surface area contributed by atoms with Crippen molar-refractivity contribution in [1.29, 1.82) is 0 Å². The summed E-state index contributed by atoms with van der Waals surface area (Å²) in [5, 5.41) is 0.242. The minimum absolute atomic E-state index is 0.102. The van der Waals surface area contributed by atoms with Crippen molar-refractivity contribution in [3.63, 3.8) is 0 Å². The zero-order valence-corrected chi connectivity index (χ0v) is 11.3. The van der Waals surface area contributed by atoms with Gasteiger partial charge in [0.05, 0.1) is 0 Å². The van der Waals surface area contributed by atoms with Crippen LogP contribution in [0, 0.1) is 5.82 Å². The van der Waals surface area contributed by atoms with Crippen molar-refractivity contribution >= 4 is 17.4 Å². The molecule has 0 radical (unpaired) electrons. The molecule has 1 nitrogen and oxygen atoms in total. The van der Waals surface area contributed by atoms with Crippen LogP contribution in [0.2, 0.25) is 5.02 Å². The van der Waals surface area contributed by atoms with Gasteiger partial charge in [0.2, 0.25) is 0 Å². The third-order valence-corrected chi connectivity index (χ3v) is 3.29. The van der Waals surface area contributed by atoms with Crippen LogP contribution in [0.15, 0.2) is 48.5 Å². The average Bonchev–Trinajstić information content (AvgIpc) is 2.39. The molecule has 3 heteroatoms. The predicted octanol–water partition coefficient (Wildman–Crippen LogP) is 4.86. The highest BCUT2D eigenvalue weighted by Crippen LogP contribution is 2.25. The van der Waals surface area contributed by atoms with Crippen LogP contribution in [-0.2, 0) is 0 Å². The van der Waals surface area contributed by atoms with Crippen molar-refractivity contribution < 1.29 is 9.18 Å². The Balaban J connectivity index is 2.36. The van der Waals surface area contributed by atoms with E-state index < -0.39 is 5.82 Å². The number of carbonyl (C=O) groups is 1. The van der Waals surface area contributed by atoms with E-state index in [1.54, 1.807) is 0 Å². The maximum Gasteiger partial charge on any atom is 0.170 e. The van der Waals surface area contributed by atoms with Crippen LogP contribution in [0.25, 0.3) is 0 Å². The van der Waals surface area contributed by atoms with Crippen molar-refractivity contribution in [2.45, 2.75) is 19.3 Å². The third-order valence-electron chi connectivity index (χ3n) is 3.07. The summed E-state index contributed by atoms with van der Waals surface area (Å²) >= 11 is 5.80. The summed E-state index contributed by atoms with van der Waals surface area (Å²) in [5.41, 5.74) is 1.26. The van der Waals surface area contributed by atoms with Gasteiger partial charge < -0.3 is 0 Å². The van der Waals surface area contributed by atoms with E-state index in [0.29, 0.717) is 12.0 Å². The maximum absolute atomic E-state index is 13.3. The largest absolute Gasteiger partial charge is 0.293 e. The van der Waals surface area contributed by atoms with Crippen molar-refractivity contribution in [3.8, 4) is 0 Å². The molecule has 2 aromatic rings. The fourth-order valence-electron chi connectivity index (χ4n) is 2.16. The number of halogens is 2. The molecule has 0 saturated carbocycles. The Morgan fingerprint density at radius 3 is 2.47 bits per heavy atom. The molecule has 98 valence electrons. The summed E-state index contributed by atoms with van der Waals surface area (Å²) in [6.45, 7) is 1.94. The van der Waals surface area contributed by atoms with Crippen LogP contribution in [0.3, 0.4) is 0 Å². The van der Waals surface area contributed by atoms with Gasteiger partial charge in [-0.3, -0.25) is 4.79 Å². The Labute approximate surface area is 117 Å². The Morgan fingerprint density at radius 1 is 1.21 bits per heavy atom. The van der Waals surface area contributed by atoms with Gasteiger partial charge in [0.1, 0.15) is 5.82 Å². The Kier molecular flexibility index (Phi) is 4.33. The maximum atomic E-state index is 13.3. The van der Waals surface area contributed by atoms with E-state index in [9.17, 15) is 9.18 Å². The lowest BCUT2D eigenvalue weighted by Crippen LogP contribution is -2.12. The predicted molar refractivity (Wildman–Crippen MR) is 75.2 cm³/mol. The van der Waals surface area contributed by atoms with Crippen molar-refractivity contribution in [2.24, 2.45) is 0 Å². The number of hydrogen-bond acceptors (Lipinski definition) is 1. The van der Waals surface area contributed by atoms with Gasteiger partial charge in [-0.15, -0.1) is 0 Å². The van der Waals surface area contributed by atoms with Crippen LogP contribution in [0.4, 0.5) is 4.39 Å². The van der Waals surface area contributed by atoms with E-state index in [1.165, 1.54) is 18.2 Å². The summed E-state index contributed by atoms with van der Waals surface area (Å²) in [4.78, 5) is 12.5. The molecule has 0 saturated heterocycles. The molecule has 0 fully saturated rings. The third kappa shape index (κ3) is 3.21. The number of benzene rings is 2. The van der Waals surface area contributed by atoms with Crippen molar-refractivity contribution in [2.75, 3.05) is 0 Å². The van der Waals surface area contributed by atoms with Gasteiger partial charge in [0.25, 0.3) is 0 Å². The molecule has 1 atom stereocenters. The second-order valence-corrected chi connectivity index (χ2v) is 4.83. The number of hydrogen-bond donors (Lipinski definition) is 0. The lowest BCUT2D eigenvalue weighted by Gasteiger charge is -2.14. The molecular formula is C16H14ClFO. The van der Waals surface area contributed by atoms with Gasteiger partial charge in [0.15, 0.2) is 5.78 Å². The molecule has 1 unspecified atom stereocenters. The van der Waals surface area contributed by atoms with Crippen molar-refractivity contribution in [3.05, 3.63) is 70.5 Å². The molecule has 0 bridgehead atoms. The standard InChI is InChI=1S/C16H14ClFO/c1-2-15(11-6-4-3-5-7-11)16(19)12-8-13(17)10-14(18)9-12/h3-10,15H,2H2,1H3. The minimum Gasteiger partial charge on any atom is -0.293 e. The molecule has 2 aromatic carbocycles. The van der Waals surface area contributed by atoms with Gasteiger partial charge >= 0.3 is 0 Å². The lowest BCUT2D eigenvalue weighted by molar-refractivity contribution is 0.0957. The molecule has 0 aliphatic rings. The van der Waals surface area contributed by atoms with Crippen LogP contribution >= 0.6 is 11.6 Å². The Bertz CT molecular complexity index is 560. The first-order chi connectivity index (χ1) is 9.11. The summed E-state index contributed by atoms with van der Waals surface area (Å²) in [6, 6.07) is 13.5. The van der Waals surface area contributed by atoms with Gasteiger partial charge in [-0.2, -0.15) is 0 Å². The molecular weight excluding hydrogens is 263 g/mol. The second-order valence-electron chi connectivity index (χ2n) is 4.39. The molecule has 19 heavy (non-hydrogen) atoms. The van der Waals surface area contributed by atoms with Gasteiger partial charge in [0, 0.05) is 16.5 Å². The Hall–Kier alpha value is -1.67. The SMILES string of the molecule is CCC(C(=O)c1cc(F)cc(Cl)c1)c1ccccc1. The van der Waals surface area contributed by atoms with Crippen molar-refractivity contribution in [1.82, 2.24) is 0 Å². The number of carbonyl (C=O) groups excluding carboxylic acids is 1. The summed E-state index contributed by atoms with van der Waals surface area (Å²) in [7, 11) is 0. The fraction of sp³-hybridized carbons (Fsp3) is 0.188. The van der Waals surface area contributed by atoms with E-state index in [-0.39, 0.29) is 16.7 Å². The summed E-state index contributed by atoms with van der Waals surface area (Å²) in [5.74, 6) is -0.854. The quantitative estimate of drug-likeness (QED) is 0.729. The zero-order chi connectivity index (χ0) is 13.8. The summed E-state index contributed by atoms with van der Waals surface area (Å²) in [6.07, 6.45) is 0.664. The van der Waals surface area contributed by atoms with Gasteiger partial charge in [-0.1, -0.05) is 48.9 Å². The first-order valence-electron chi connectivity index (χ1n) is 6.17. The zero-order valence-electron chi connectivity index (χ0n) is 10.6. The number of Topliss-reactive ketones (excluding diaryl/α,β-unsaturated/α-hetero) is 1. The molecule has 0 N–H and O–H groups in total. The minimum atomic E-state index is -0.487. The van der Waals surface area contributed by atoms with Crippen LogP contribution < -0.4 is 0 Å². The van der Waals surface area contributed by atoms with Gasteiger partial charge in [-0.05, 0) is 30.2 Å². The Morgan fingerprint density at radius 2 is 1.89 bits per heavy atom. The van der Waals surface area contributed by atoms with Gasteiger partial charge in [-0.25, -0.2) is 4.39 Å². The first kappa shape index (κ1) is 13.8. The highest BCUT2D eigenvalue weighted by molar-refractivity contribution is 6.31. The van der Waals surface area contributed by atoms with Crippen LogP contribution in [-0.4, -0.2) is 5.78 Å². The molecule has 0 aliphatic heterocycles. The fourth-order valence-corrected chi connectivity index (χ4v) is 2.38. The van der Waals surface area contributed by atoms with Crippen LogP contribution in [0.1, 0.15) is 35.2 Å². The highest BCUT2D eigenvalue weighted by atomic mass is 35.5. The lowest BCUT2D eigenvalue weighted by atomic mass is 9.88. The topological polar surface area (TPSA) is 17.1 Å². The molecule has 0 amide bonds. The molecule has 0 spiro atoms. The monoisotopic (exact) mass is 276 g/mol. The van der Waals surface area contributed by atoms with E-state index in [4.69, 9.17) is 11.6 Å². The van der Waals surface area contributed by atoms with Crippen LogP contribution in [0.5, 0.6) is 0 Å². The van der Waals surface area contributed by atoms with E-state index >= 15 is 0 Å². The number of rotatable bonds is 4. The smallest absolute Gasteiger partial charge is 0.170 e.